The molecule has 0 amide bonds. The van der Waals surface area contributed by atoms with Crippen LogP contribution in [0.3, 0.4) is 0 Å². The van der Waals surface area contributed by atoms with Gasteiger partial charge in [0.25, 0.3) is 0 Å². The maximum Gasteiger partial charge on any atom is 0.00156 e. The topological polar surface area (TPSA) is 3.24 Å². The lowest BCUT2D eigenvalue weighted by atomic mass is 10.1. The van der Waals surface area contributed by atoms with Crippen LogP contribution in [-0.4, -0.2) is 25.0 Å². The highest BCUT2D eigenvalue weighted by molar-refractivity contribution is 4.98. The van der Waals surface area contributed by atoms with Gasteiger partial charge in [-0.2, -0.15) is 0 Å². The molecule has 1 saturated heterocycles. The third kappa shape index (κ3) is 3.32. The summed E-state index contributed by atoms with van der Waals surface area (Å²) in [5.41, 5.74) is 1.42. The van der Waals surface area contributed by atoms with Gasteiger partial charge in [0.2, 0.25) is 0 Å². The van der Waals surface area contributed by atoms with Crippen LogP contribution in [0.4, 0.5) is 0 Å². The quantitative estimate of drug-likeness (QED) is 0.361. The SMILES string of the molecule is C#C.C=C1CCN(C)CC1. The zero-order valence-electron chi connectivity index (χ0n) is 6.64. The lowest BCUT2D eigenvalue weighted by molar-refractivity contribution is 0.313. The lowest BCUT2D eigenvalue weighted by Gasteiger charge is -2.22. The Hall–Kier alpha value is -0.740. The van der Waals surface area contributed by atoms with E-state index in [1.807, 2.05) is 0 Å². The van der Waals surface area contributed by atoms with E-state index in [1.54, 1.807) is 0 Å². The van der Waals surface area contributed by atoms with Crippen molar-refractivity contribution in [1.82, 2.24) is 4.90 Å². The van der Waals surface area contributed by atoms with Crippen molar-refractivity contribution in [1.29, 1.82) is 0 Å². The molecule has 1 fully saturated rings. The van der Waals surface area contributed by atoms with Crippen molar-refractivity contribution in [3.8, 4) is 12.8 Å². The zero-order chi connectivity index (χ0) is 7.98. The molecule has 1 nitrogen and oxygen atoms in total. The highest BCUT2D eigenvalue weighted by Gasteiger charge is 2.06. The van der Waals surface area contributed by atoms with E-state index in [1.165, 1.54) is 31.5 Å². The van der Waals surface area contributed by atoms with E-state index in [0.29, 0.717) is 0 Å². The van der Waals surface area contributed by atoms with Gasteiger partial charge in [-0.1, -0.05) is 12.2 Å². The van der Waals surface area contributed by atoms with Crippen LogP contribution in [0.5, 0.6) is 0 Å². The van der Waals surface area contributed by atoms with Crippen molar-refractivity contribution in [2.75, 3.05) is 20.1 Å². The summed E-state index contributed by atoms with van der Waals surface area (Å²) in [5.74, 6) is 0. The second-order valence-corrected chi connectivity index (χ2v) is 2.55. The Bertz CT molecular complexity index is 114. The van der Waals surface area contributed by atoms with Gasteiger partial charge in [-0.05, 0) is 19.9 Å². The monoisotopic (exact) mass is 137 g/mol. The van der Waals surface area contributed by atoms with E-state index in [-0.39, 0.29) is 0 Å². The van der Waals surface area contributed by atoms with E-state index in [4.69, 9.17) is 0 Å². The van der Waals surface area contributed by atoms with Gasteiger partial charge in [-0.25, -0.2) is 0 Å². The Morgan fingerprint density at radius 3 is 2.00 bits per heavy atom. The van der Waals surface area contributed by atoms with Crippen molar-refractivity contribution < 1.29 is 0 Å². The predicted molar refractivity (Wildman–Crippen MR) is 45.8 cm³/mol. The minimum Gasteiger partial charge on any atom is -0.306 e. The molecule has 0 aliphatic carbocycles. The molecule has 1 aliphatic heterocycles. The third-order valence-corrected chi connectivity index (χ3v) is 1.69. The fourth-order valence-electron chi connectivity index (χ4n) is 0.935. The van der Waals surface area contributed by atoms with Crippen LogP contribution in [0.25, 0.3) is 0 Å². The van der Waals surface area contributed by atoms with Crippen molar-refractivity contribution in [2.24, 2.45) is 0 Å². The van der Waals surface area contributed by atoms with Crippen molar-refractivity contribution in [3.63, 3.8) is 0 Å². The molecule has 0 unspecified atom stereocenters. The second kappa shape index (κ2) is 5.08. The molecule has 1 heteroatoms. The molecule has 0 atom stereocenters. The fraction of sp³-hybridized carbons (Fsp3) is 0.556. The number of likely N-dealkylation sites (tertiary alicyclic amines) is 1. The van der Waals surface area contributed by atoms with Gasteiger partial charge >= 0.3 is 0 Å². The summed E-state index contributed by atoms with van der Waals surface area (Å²) < 4.78 is 0. The van der Waals surface area contributed by atoms with Crippen LogP contribution in [0.15, 0.2) is 12.2 Å². The Kier molecular flexibility index (Phi) is 4.70. The molecule has 0 spiro atoms. The molecular weight excluding hydrogens is 122 g/mol. The molecule has 0 radical (unpaired) electrons. The molecule has 1 aliphatic rings. The van der Waals surface area contributed by atoms with Crippen molar-refractivity contribution in [2.45, 2.75) is 12.8 Å². The highest BCUT2D eigenvalue weighted by Crippen LogP contribution is 2.10. The first-order valence-electron chi connectivity index (χ1n) is 3.47. The van der Waals surface area contributed by atoms with Gasteiger partial charge in [-0.3, -0.25) is 0 Å². The van der Waals surface area contributed by atoms with Gasteiger partial charge in [0.1, 0.15) is 0 Å². The number of hydrogen-bond donors (Lipinski definition) is 0. The second-order valence-electron chi connectivity index (χ2n) is 2.55. The number of nitrogens with zero attached hydrogens (tertiary/aromatic N) is 1. The predicted octanol–water partition coefficient (Wildman–Crippen LogP) is 1.52. The maximum atomic E-state index is 4.00. The third-order valence-electron chi connectivity index (χ3n) is 1.69. The number of hydrogen-bond acceptors (Lipinski definition) is 1. The van der Waals surface area contributed by atoms with Gasteiger partial charge in [-0.15, -0.1) is 12.8 Å². The average molecular weight is 137 g/mol. The van der Waals surface area contributed by atoms with Crippen LogP contribution >= 0.6 is 0 Å². The molecule has 1 heterocycles. The molecular formula is C9H15N. The molecule has 0 aromatic rings. The van der Waals surface area contributed by atoms with Gasteiger partial charge < -0.3 is 4.90 Å². The van der Waals surface area contributed by atoms with E-state index in [9.17, 15) is 0 Å². The minimum absolute atomic E-state index is 1.20. The van der Waals surface area contributed by atoms with Crippen LogP contribution in [0.1, 0.15) is 12.8 Å². The molecule has 10 heavy (non-hydrogen) atoms. The van der Waals surface area contributed by atoms with Gasteiger partial charge in [0.05, 0.1) is 0 Å². The minimum atomic E-state index is 1.20. The maximum absolute atomic E-state index is 4.00. The highest BCUT2D eigenvalue weighted by atomic mass is 15.1. The molecule has 0 saturated carbocycles. The first-order chi connectivity index (χ1) is 4.79. The molecule has 0 N–H and O–H groups in total. The summed E-state index contributed by atoms with van der Waals surface area (Å²) in [4.78, 5) is 2.34. The fourth-order valence-corrected chi connectivity index (χ4v) is 0.935. The Morgan fingerprint density at radius 1 is 1.30 bits per heavy atom. The number of terminal acetylenes is 1. The summed E-state index contributed by atoms with van der Waals surface area (Å²) >= 11 is 0. The van der Waals surface area contributed by atoms with E-state index >= 15 is 0 Å². The van der Waals surface area contributed by atoms with Crippen LogP contribution < -0.4 is 0 Å². The Morgan fingerprint density at radius 2 is 1.70 bits per heavy atom. The largest absolute Gasteiger partial charge is 0.306 e. The lowest BCUT2D eigenvalue weighted by Crippen LogP contribution is -2.25. The molecule has 1 rings (SSSR count). The normalized spacial score (nSPS) is 19.3. The van der Waals surface area contributed by atoms with E-state index < -0.39 is 0 Å². The van der Waals surface area contributed by atoms with E-state index in [2.05, 4.69) is 31.4 Å². The summed E-state index contributed by atoms with van der Waals surface area (Å²) in [5, 5.41) is 0. The van der Waals surface area contributed by atoms with Crippen LogP contribution in [-0.2, 0) is 0 Å². The average Bonchev–Trinajstić information content (AvgIpc) is 2.00. The standard InChI is InChI=1S/C7H13N.C2H2/c1-7-3-5-8(2)6-4-7;1-2/h1,3-6H2,2H3;1-2H. The summed E-state index contributed by atoms with van der Waals surface area (Å²) in [7, 11) is 2.16. The van der Waals surface area contributed by atoms with Crippen molar-refractivity contribution in [3.05, 3.63) is 12.2 Å². The summed E-state index contributed by atoms with van der Waals surface area (Å²) in [6.07, 6.45) is 10.4. The molecule has 0 aromatic carbocycles. The summed E-state index contributed by atoms with van der Waals surface area (Å²) in [6.45, 7) is 6.34. The first kappa shape index (κ1) is 9.26. The van der Waals surface area contributed by atoms with Gasteiger partial charge in [0.15, 0.2) is 0 Å². The van der Waals surface area contributed by atoms with Crippen LogP contribution in [0.2, 0.25) is 0 Å². The zero-order valence-corrected chi connectivity index (χ0v) is 6.64. The van der Waals surface area contributed by atoms with Crippen molar-refractivity contribution >= 4 is 0 Å². The number of piperidine rings is 1. The first-order valence-corrected chi connectivity index (χ1v) is 3.47. The Labute approximate surface area is 63.7 Å². The molecule has 0 aromatic heterocycles. The molecule has 0 bridgehead atoms. The number of rotatable bonds is 0. The Balaban J connectivity index is 0.000000371. The molecule has 56 valence electrons. The van der Waals surface area contributed by atoms with Gasteiger partial charge in [0, 0.05) is 13.1 Å². The van der Waals surface area contributed by atoms with Crippen LogP contribution in [0, 0.1) is 12.8 Å². The van der Waals surface area contributed by atoms with E-state index in [0.717, 1.165) is 0 Å². The summed E-state index contributed by atoms with van der Waals surface area (Å²) in [6, 6.07) is 0. The smallest absolute Gasteiger partial charge is 0.00156 e.